The lowest BCUT2D eigenvalue weighted by Crippen LogP contribution is -2.05. The van der Waals surface area contributed by atoms with Crippen LogP contribution in [-0.4, -0.2) is 14.6 Å². The van der Waals surface area contributed by atoms with E-state index in [0.29, 0.717) is 6.54 Å². The molecule has 0 aliphatic carbocycles. The summed E-state index contributed by atoms with van der Waals surface area (Å²) in [4.78, 5) is 4.19. The highest BCUT2D eigenvalue weighted by Gasteiger charge is 2.05. The van der Waals surface area contributed by atoms with Gasteiger partial charge < -0.3 is 9.73 Å². The number of furan rings is 1. The van der Waals surface area contributed by atoms with Gasteiger partial charge in [0.1, 0.15) is 23.7 Å². The van der Waals surface area contributed by atoms with E-state index >= 15 is 0 Å². The molecular weight excluding hydrogens is 228 g/mol. The van der Waals surface area contributed by atoms with Gasteiger partial charge in [-0.2, -0.15) is 9.61 Å². The second-order valence-electron chi connectivity index (χ2n) is 4.31. The summed E-state index contributed by atoms with van der Waals surface area (Å²) in [6.45, 7) is 4.61. The van der Waals surface area contributed by atoms with Crippen molar-refractivity contribution in [1.29, 1.82) is 0 Å². The van der Waals surface area contributed by atoms with E-state index < -0.39 is 0 Å². The van der Waals surface area contributed by atoms with Crippen molar-refractivity contribution in [3.05, 3.63) is 47.7 Å². The van der Waals surface area contributed by atoms with Gasteiger partial charge in [-0.1, -0.05) is 0 Å². The van der Waals surface area contributed by atoms with Crippen LogP contribution in [0.5, 0.6) is 0 Å². The van der Waals surface area contributed by atoms with Crippen LogP contribution >= 0.6 is 0 Å². The fraction of sp³-hybridized carbons (Fsp3) is 0.231. The van der Waals surface area contributed by atoms with Crippen molar-refractivity contribution < 1.29 is 4.42 Å². The minimum absolute atomic E-state index is 0.631. The third-order valence-electron chi connectivity index (χ3n) is 2.76. The number of nitrogens with zero attached hydrogens (tertiary/aromatic N) is 3. The first-order chi connectivity index (χ1) is 8.72. The summed E-state index contributed by atoms with van der Waals surface area (Å²) in [5, 5.41) is 7.50. The van der Waals surface area contributed by atoms with Gasteiger partial charge in [0.15, 0.2) is 5.65 Å². The van der Waals surface area contributed by atoms with Crippen LogP contribution in [-0.2, 0) is 6.54 Å². The molecule has 0 spiro atoms. The Hall–Kier alpha value is -2.30. The van der Waals surface area contributed by atoms with Gasteiger partial charge in [0.25, 0.3) is 0 Å². The van der Waals surface area contributed by atoms with Crippen LogP contribution in [0.3, 0.4) is 0 Å². The summed E-state index contributed by atoms with van der Waals surface area (Å²) in [6.07, 6.45) is 1.55. The largest absolute Gasteiger partial charge is 0.465 e. The zero-order chi connectivity index (χ0) is 12.5. The summed E-state index contributed by atoms with van der Waals surface area (Å²) < 4.78 is 7.30. The number of hydrogen-bond acceptors (Lipinski definition) is 4. The van der Waals surface area contributed by atoms with Crippen LogP contribution in [0.1, 0.15) is 17.1 Å². The second kappa shape index (κ2) is 4.18. The van der Waals surface area contributed by atoms with Gasteiger partial charge >= 0.3 is 0 Å². The SMILES string of the molecule is Cc1cc(NCc2ccc(C)o2)n2ncnc2c1. The fourth-order valence-corrected chi connectivity index (χ4v) is 1.94. The molecule has 0 radical (unpaired) electrons. The van der Waals surface area contributed by atoms with Gasteiger partial charge in [0.05, 0.1) is 6.54 Å². The molecule has 3 aromatic rings. The van der Waals surface area contributed by atoms with Crippen LogP contribution in [0, 0.1) is 13.8 Å². The van der Waals surface area contributed by atoms with Crippen molar-refractivity contribution in [3.63, 3.8) is 0 Å². The molecule has 0 saturated carbocycles. The van der Waals surface area contributed by atoms with E-state index in [0.717, 1.165) is 28.5 Å². The van der Waals surface area contributed by atoms with Gasteiger partial charge in [0, 0.05) is 0 Å². The topological polar surface area (TPSA) is 55.4 Å². The summed E-state index contributed by atoms with van der Waals surface area (Å²) in [5.74, 6) is 2.74. The van der Waals surface area contributed by atoms with Crippen molar-refractivity contribution in [2.45, 2.75) is 20.4 Å². The molecule has 1 N–H and O–H groups in total. The van der Waals surface area contributed by atoms with E-state index in [-0.39, 0.29) is 0 Å². The third kappa shape index (κ3) is 1.95. The average molecular weight is 242 g/mol. The first-order valence-corrected chi connectivity index (χ1v) is 5.82. The predicted molar refractivity (Wildman–Crippen MR) is 68.5 cm³/mol. The lowest BCUT2D eigenvalue weighted by atomic mass is 10.3. The predicted octanol–water partition coefficient (Wildman–Crippen LogP) is 2.55. The van der Waals surface area contributed by atoms with Crippen LogP contribution in [0.15, 0.2) is 35.0 Å². The summed E-state index contributed by atoms with van der Waals surface area (Å²) >= 11 is 0. The number of anilines is 1. The van der Waals surface area contributed by atoms with Gasteiger partial charge in [-0.3, -0.25) is 0 Å². The molecule has 5 heteroatoms. The van der Waals surface area contributed by atoms with Crippen molar-refractivity contribution in [1.82, 2.24) is 14.6 Å². The number of nitrogens with one attached hydrogen (secondary N) is 1. The first kappa shape index (κ1) is 10.8. The molecule has 0 bridgehead atoms. The Morgan fingerprint density at radius 2 is 2.17 bits per heavy atom. The van der Waals surface area contributed by atoms with Crippen molar-refractivity contribution in [2.75, 3.05) is 5.32 Å². The Balaban J connectivity index is 1.87. The van der Waals surface area contributed by atoms with Crippen LogP contribution in [0.25, 0.3) is 5.65 Å². The summed E-state index contributed by atoms with van der Waals surface area (Å²) in [6, 6.07) is 7.96. The maximum atomic E-state index is 5.52. The molecule has 0 aromatic carbocycles. The molecular formula is C13H14N4O. The molecule has 0 aliphatic heterocycles. The van der Waals surface area contributed by atoms with E-state index in [2.05, 4.69) is 15.4 Å². The lowest BCUT2D eigenvalue weighted by Gasteiger charge is -2.07. The number of rotatable bonds is 3. The Bertz CT molecular complexity index is 683. The number of fused-ring (bicyclic) bond motifs is 1. The zero-order valence-electron chi connectivity index (χ0n) is 10.3. The highest BCUT2D eigenvalue weighted by atomic mass is 16.3. The van der Waals surface area contributed by atoms with E-state index in [1.807, 2.05) is 38.1 Å². The maximum Gasteiger partial charge on any atom is 0.157 e. The highest BCUT2D eigenvalue weighted by molar-refractivity contribution is 5.51. The molecule has 0 amide bonds. The Labute approximate surface area is 104 Å². The fourth-order valence-electron chi connectivity index (χ4n) is 1.94. The van der Waals surface area contributed by atoms with Crippen molar-refractivity contribution in [3.8, 4) is 0 Å². The maximum absolute atomic E-state index is 5.52. The normalized spacial score (nSPS) is 11.0. The van der Waals surface area contributed by atoms with Gasteiger partial charge in [-0.25, -0.2) is 4.98 Å². The monoisotopic (exact) mass is 242 g/mol. The summed E-state index contributed by atoms with van der Waals surface area (Å²) in [5.41, 5.74) is 1.99. The number of aryl methyl sites for hydroxylation is 2. The second-order valence-corrected chi connectivity index (χ2v) is 4.31. The molecule has 3 aromatic heterocycles. The smallest absolute Gasteiger partial charge is 0.157 e. The van der Waals surface area contributed by atoms with E-state index in [1.54, 1.807) is 10.8 Å². The Morgan fingerprint density at radius 3 is 2.94 bits per heavy atom. The molecule has 0 unspecified atom stereocenters. The van der Waals surface area contributed by atoms with Crippen LogP contribution in [0.4, 0.5) is 5.82 Å². The molecule has 0 aliphatic rings. The molecule has 0 atom stereocenters. The van der Waals surface area contributed by atoms with Crippen LogP contribution < -0.4 is 5.32 Å². The number of aromatic nitrogens is 3. The molecule has 0 saturated heterocycles. The number of pyridine rings is 1. The van der Waals surface area contributed by atoms with Crippen molar-refractivity contribution in [2.24, 2.45) is 0 Å². The quantitative estimate of drug-likeness (QED) is 0.766. The standard InChI is InChI=1S/C13H14N4O/c1-9-5-12(17-13(6-9)15-8-16-17)14-7-11-4-3-10(2)18-11/h3-6,8,14H,7H2,1-2H3. The number of hydrogen-bond donors (Lipinski definition) is 1. The molecule has 3 rings (SSSR count). The molecule has 18 heavy (non-hydrogen) atoms. The molecule has 3 heterocycles. The summed E-state index contributed by atoms with van der Waals surface area (Å²) in [7, 11) is 0. The van der Waals surface area contributed by atoms with Gasteiger partial charge in [0.2, 0.25) is 0 Å². The lowest BCUT2D eigenvalue weighted by molar-refractivity contribution is 0.490. The van der Waals surface area contributed by atoms with Crippen molar-refractivity contribution >= 4 is 11.5 Å². The molecule has 5 nitrogen and oxygen atoms in total. The minimum Gasteiger partial charge on any atom is -0.465 e. The van der Waals surface area contributed by atoms with Gasteiger partial charge in [-0.15, -0.1) is 0 Å². The molecule has 92 valence electrons. The van der Waals surface area contributed by atoms with Gasteiger partial charge in [-0.05, 0) is 43.7 Å². The van der Waals surface area contributed by atoms with E-state index in [1.165, 1.54) is 0 Å². The van der Waals surface area contributed by atoms with E-state index in [9.17, 15) is 0 Å². The van der Waals surface area contributed by atoms with E-state index in [4.69, 9.17) is 4.42 Å². The average Bonchev–Trinajstić information content (AvgIpc) is 2.94. The molecule has 0 fully saturated rings. The minimum atomic E-state index is 0.631. The Morgan fingerprint density at radius 1 is 1.28 bits per heavy atom. The third-order valence-corrected chi connectivity index (χ3v) is 2.76. The highest BCUT2D eigenvalue weighted by Crippen LogP contribution is 2.15. The zero-order valence-corrected chi connectivity index (χ0v) is 10.3. The Kier molecular flexibility index (Phi) is 2.51. The first-order valence-electron chi connectivity index (χ1n) is 5.82. The van der Waals surface area contributed by atoms with Crippen LogP contribution in [0.2, 0.25) is 0 Å².